The first-order valence-electron chi connectivity index (χ1n) is 6.03. The Kier molecular flexibility index (Phi) is 3.47. The molecule has 0 amide bonds. The van der Waals surface area contributed by atoms with Crippen LogP contribution in [0.1, 0.15) is 47.8 Å². The van der Waals surface area contributed by atoms with E-state index in [1.165, 1.54) is 0 Å². The van der Waals surface area contributed by atoms with E-state index in [9.17, 15) is 4.79 Å². The number of hydrogen-bond acceptors (Lipinski definition) is 4. The molecule has 2 heterocycles. The first-order chi connectivity index (χ1) is 8.11. The molecule has 5 heteroatoms. The number of aromatic nitrogens is 1. The van der Waals surface area contributed by atoms with E-state index in [0.717, 1.165) is 25.9 Å². The van der Waals surface area contributed by atoms with E-state index >= 15 is 0 Å². The SMILES string of the molecule is CCc1nc(C2CCN(C)CC2)c(C(=O)O)o1. The number of carboxylic acids is 1. The van der Waals surface area contributed by atoms with Crippen LogP contribution in [0.5, 0.6) is 0 Å². The molecule has 1 N–H and O–H groups in total. The Morgan fingerprint density at radius 3 is 2.71 bits per heavy atom. The highest BCUT2D eigenvalue weighted by molar-refractivity contribution is 5.85. The van der Waals surface area contributed by atoms with E-state index in [-0.39, 0.29) is 11.7 Å². The second-order valence-electron chi connectivity index (χ2n) is 4.56. The predicted molar refractivity (Wildman–Crippen MR) is 62.3 cm³/mol. The molecule has 1 saturated heterocycles. The molecular formula is C12H18N2O3. The first kappa shape index (κ1) is 12.1. The standard InChI is InChI=1S/C12H18N2O3/c1-3-9-13-10(11(17-9)12(15)16)8-4-6-14(2)7-5-8/h8H,3-7H2,1-2H3,(H,15,16). The maximum Gasteiger partial charge on any atom is 0.373 e. The van der Waals surface area contributed by atoms with Crippen LogP contribution in [0.2, 0.25) is 0 Å². The molecule has 0 aliphatic carbocycles. The number of hydrogen-bond donors (Lipinski definition) is 1. The largest absolute Gasteiger partial charge is 0.475 e. The number of carboxylic acid groups (broad SMARTS) is 1. The van der Waals surface area contributed by atoms with Crippen molar-refractivity contribution in [3.05, 3.63) is 17.3 Å². The summed E-state index contributed by atoms with van der Waals surface area (Å²) in [5, 5.41) is 9.11. The van der Waals surface area contributed by atoms with E-state index in [0.29, 0.717) is 18.0 Å². The molecule has 1 aromatic heterocycles. The Hall–Kier alpha value is -1.36. The molecule has 1 aromatic rings. The summed E-state index contributed by atoms with van der Waals surface area (Å²) in [5.41, 5.74) is 0.641. The van der Waals surface area contributed by atoms with Crippen molar-refractivity contribution < 1.29 is 14.3 Å². The number of piperidine rings is 1. The van der Waals surface area contributed by atoms with Gasteiger partial charge in [0.05, 0.1) is 5.69 Å². The van der Waals surface area contributed by atoms with Crippen LogP contribution in [-0.4, -0.2) is 41.1 Å². The summed E-state index contributed by atoms with van der Waals surface area (Å²) >= 11 is 0. The Balaban J connectivity index is 2.24. The highest BCUT2D eigenvalue weighted by atomic mass is 16.4. The van der Waals surface area contributed by atoms with Gasteiger partial charge in [0.1, 0.15) is 0 Å². The van der Waals surface area contributed by atoms with Crippen molar-refractivity contribution >= 4 is 5.97 Å². The fraction of sp³-hybridized carbons (Fsp3) is 0.667. The van der Waals surface area contributed by atoms with Gasteiger partial charge in [-0.25, -0.2) is 9.78 Å². The Morgan fingerprint density at radius 2 is 2.18 bits per heavy atom. The predicted octanol–water partition coefficient (Wildman–Crippen LogP) is 1.74. The molecule has 0 aromatic carbocycles. The second kappa shape index (κ2) is 4.87. The van der Waals surface area contributed by atoms with Crippen LogP contribution in [0.4, 0.5) is 0 Å². The summed E-state index contributed by atoms with van der Waals surface area (Å²) in [4.78, 5) is 17.7. The van der Waals surface area contributed by atoms with Crippen LogP contribution in [0.25, 0.3) is 0 Å². The van der Waals surface area contributed by atoms with Gasteiger partial charge < -0.3 is 14.4 Å². The quantitative estimate of drug-likeness (QED) is 0.868. The van der Waals surface area contributed by atoms with Crippen LogP contribution in [0.15, 0.2) is 4.42 Å². The van der Waals surface area contributed by atoms with E-state index in [2.05, 4.69) is 16.9 Å². The van der Waals surface area contributed by atoms with Crippen molar-refractivity contribution in [2.75, 3.05) is 20.1 Å². The molecule has 1 aliphatic heterocycles. The molecule has 2 rings (SSSR count). The van der Waals surface area contributed by atoms with E-state index < -0.39 is 5.97 Å². The van der Waals surface area contributed by atoms with Crippen molar-refractivity contribution in [3.63, 3.8) is 0 Å². The summed E-state index contributed by atoms with van der Waals surface area (Å²) in [6.07, 6.45) is 2.53. The second-order valence-corrected chi connectivity index (χ2v) is 4.56. The summed E-state index contributed by atoms with van der Waals surface area (Å²) in [7, 11) is 2.08. The zero-order valence-electron chi connectivity index (χ0n) is 10.3. The highest BCUT2D eigenvalue weighted by Gasteiger charge is 2.28. The molecule has 0 bridgehead atoms. The summed E-state index contributed by atoms with van der Waals surface area (Å²) < 4.78 is 5.28. The third-order valence-electron chi connectivity index (χ3n) is 3.30. The number of likely N-dealkylation sites (tertiary alicyclic amines) is 1. The fourth-order valence-corrected chi connectivity index (χ4v) is 2.24. The topological polar surface area (TPSA) is 66.6 Å². The molecule has 1 fully saturated rings. The van der Waals surface area contributed by atoms with Crippen molar-refractivity contribution in [2.45, 2.75) is 32.1 Å². The molecule has 5 nitrogen and oxygen atoms in total. The molecule has 94 valence electrons. The smallest absolute Gasteiger partial charge is 0.373 e. The molecule has 0 spiro atoms. The van der Waals surface area contributed by atoms with Gasteiger partial charge in [-0.3, -0.25) is 0 Å². The van der Waals surface area contributed by atoms with Gasteiger partial charge in [0.2, 0.25) is 5.76 Å². The Bertz CT molecular complexity index is 406. The van der Waals surface area contributed by atoms with E-state index in [1.54, 1.807) is 0 Å². The lowest BCUT2D eigenvalue weighted by Crippen LogP contribution is -2.29. The van der Waals surface area contributed by atoms with Crippen LogP contribution < -0.4 is 0 Å². The van der Waals surface area contributed by atoms with Crippen LogP contribution in [-0.2, 0) is 6.42 Å². The summed E-state index contributed by atoms with van der Waals surface area (Å²) in [6, 6.07) is 0. The molecule has 0 radical (unpaired) electrons. The van der Waals surface area contributed by atoms with Crippen LogP contribution in [0.3, 0.4) is 0 Å². The van der Waals surface area contributed by atoms with Gasteiger partial charge in [-0.1, -0.05) is 6.92 Å². The van der Waals surface area contributed by atoms with Gasteiger partial charge in [0, 0.05) is 12.3 Å². The first-order valence-corrected chi connectivity index (χ1v) is 6.03. The minimum atomic E-state index is -1.01. The van der Waals surface area contributed by atoms with Crippen molar-refractivity contribution in [1.29, 1.82) is 0 Å². The van der Waals surface area contributed by atoms with Crippen molar-refractivity contribution in [2.24, 2.45) is 0 Å². The zero-order chi connectivity index (χ0) is 12.4. The highest BCUT2D eigenvalue weighted by Crippen LogP contribution is 2.30. The van der Waals surface area contributed by atoms with E-state index in [4.69, 9.17) is 9.52 Å². The molecule has 17 heavy (non-hydrogen) atoms. The average molecular weight is 238 g/mol. The maximum absolute atomic E-state index is 11.1. The normalized spacial score (nSPS) is 18.5. The number of aromatic carboxylic acids is 1. The van der Waals surface area contributed by atoms with Crippen LogP contribution >= 0.6 is 0 Å². The number of oxazole rings is 1. The Labute approximate surface area is 100 Å². The van der Waals surface area contributed by atoms with Gasteiger partial charge in [0.15, 0.2) is 5.89 Å². The number of aryl methyl sites for hydroxylation is 1. The molecule has 1 aliphatic rings. The number of nitrogens with zero attached hydrogens (tertiary/aromatic N) is 2. The van der Waals surface area contributed by atoms with Gasteiger partial charge in [-0.2, -0.15) is 0 Å². The summed E-state index contributed by atoms with van der Waals surface area (Å²) in [6.45, 7) is 3.88. The molecule has 0 unspecified atom stereocenters. The van der Waals surface area contributed by atoms with Crippen molar-refractivity contribution in [3.8, 4) is 0 Å². The number of rotatable bonds is 3. The lowest BCUT2D eigenvalue weighted by molar-refractivity contribution is 0.0657. The zero-order valence-corrected chi connectivity index (χ0v) is 10.3. The molecule has 0 atom stereocenters. The minimum Gasteiger partial charge on any atom is -0.475 e. The Morgan fingerprint density at radius 1 is 1.53 bits per heavy atom. The third-order valence-corrected chi connectivity index (χ3v) is 3.30. The number of carbonyl (C=O) groups is 1. The van der Waals surface area contributed by atoms with Gasteiger partial charge in [-0.05, 0) is 33.0 Å². The summed E-state index contributed by atoms with van der Waals surface area (Å²) in [5.74, 6) is -0.222. The molecular weight excluding hydrogens is 220 g/mol. The average Bonchev–Trinajstić information content (AvgIpc) is 2.74. The maximum atomic E-state index is 11.1. The third kappa shape index (κ3) is 2.49. The molecule has 0 saturated carbocycles. The lowest BCUT2D eigenvalue weighted by atomic mass is 9.93. The lowest BCUT2D eigenvalue weighted by Gasteiger charge is -2.27. The van der Waals surface area contributed by atoms with Gasteiger partial charge >= 0.3 is 5.97 Å². The van der Waals surface area contributed by atoms with Gasteiger partial charge in [0.25, 0.3) is 0 Å². The van der Waals surface area contributed by atoms with Gasteiger partial charge in [-0.15, -0.1) is 0 Å². The minimum absolute atomic E-state index is 0.0383. The monoisotopic (exact) mass is 238 g/mol. The van der Waals surface area contributed by atoms with Crippen LogP contribution in [0, 0.1) is 0 Å². The van der Waals surface area contributed by atoms with E-state index in [1.807, 2.05) is 6.92 Å². The fourth-order valence-electron chi connectivity index (χ4n) is 2.24. The van der Waals surface area contributed by atoms with Crippen molar-refractivity contribution in [1.82, 2.24) is 9.88 Å².